The number of piperidine rings is 1. The van der Waals surface area contributed by atoms with E-state index in [2.05, 4.69) is 4.98 Å². The van der Waals surface area contributed by atoms with Crippen molar-refractivity contribution in [3.05, 3.63) is 28.8 Å². The zero-order chi connectivity index (χ0) is 19.1. The Balaban J connectivity index is 2.06. The van der Waals surface area contributed by atoms with Crippen LogP contribution in [0.15, 0.2) is 18.3 Å². The zero-order valence-electron chi connectivity index (χ0n) is 15.5. The Hall–Kier alpha value is -1.55. The Morgan fingerprint density at radius 1 is 1.31 bits per heavy atom. The van der Waals surface area contributed by atoms with Crippen LogP contribution < -0.4 is 0 Å². The standard InChI is InChI=1S/C17H24N4O3S2/c1-19(2)17(22)15-14(13-8-5-9-18-16(13)25-15)12-7-6-10-21(11-12)26(23,24)20(3)4/h5,8-9,12H,6-7,10-11H2,1-4H3. The van der Waals surface area contributed by atoms with Gasteiger partial charge < -0.3 is 4.90 Å². The lowest BCUT2D eigenvalue weighted by molar-refractivity contribution is 0.0830. The van der Waals surface area contributed by atoms with E-state index in [4.69, 9.17) is 0 Å². The minimum Gasteiger partial charge on any atom is -0.344 e. The third-order valence-corrected chi connectivity index (χ3v) is 7.71. The van der Waals surface area contributed by atoms with E-state index in [0.717, 1.165) is 28.6 Å². The number of nitrogens with zero attached hydrogens (tertiary/aromatic N) is 4. The summed E-state index contributed by atoms with van der Waals surface area (Å²) >= 11 is 1.39. The molecule has 0 aliphatic carbocycles. The molecule has 2 aromatic rings. The Kier molecular flexibility index (Phi) is 5.34. The second-order valence-electron chi connectivity index (χ2n) is 6.89. The largest absolute Gasteiger partial charge is 0.344 e. The lowest BCUT2D eigenvalue weighted by Gasteiger charge is -2.34. The molecule has 1 atom stereocenters. The van der Waals surface area contributed by atoms with Crippen LogP contribution in [0.2, 0.25) is 0 Å². The van der Waals surface area contributed by atoms with Crippen molar-refractivity contribution in [3.63, 3.8) is 0 Å². The molecule has 3 rings (SSSR count). The predicted molar refractivity (Wildman–Crippen MR) is 104 cm³/mol. The Bertz CT molecular complexity index is 921. The van der Waals surface area contributed by atoms with Gasteiger partial charge in [0.05, 0.1) is 4.88 Å². The van der Waals surface area contributed by atoms with Crippen LogP contribution in [0.5, 0.6) is 0 Å². The lowest BCUT2D eigenvalue weighted by Crippen LogP contribution is -2.45. The lowest BCUT2D eigenvalue weighted by atomic mass is 9.89. The van der Waals surface area contributed by atoms with Crippen LogP contribution in [0.25, 0.3) is 10.2 Å². The van der Waals surface area contributed by atoms with E-state index in [0.29, 0.717) is 18.0 Å². The second kappa shape index (κ2) is 7.22. The molecular formula is C17H24N4O3S2. The van der Waals surface area contributed by atoms with Crippen molar-refractivity contribution in [2.75, 3.05) is 41.3 Å². The average Bonchev–Trinajstić information content (AvgIpc) is 3.00. The average molecular weight is 397 g/mol. The normalized spacial score (nSPS) is 19.2. The van der Waals surface area contributed by atoms with Gasteiger partial charge in [-0.15, -0.1) is 11.3 Å². The van der Waals surface area contributed by atoms with E-state index in [1.54, 1.807) is 39.3 Å². The summed E-state index contributed by atoms with van der Waals surface area (Å²) in [6, 6.07) is 3.83. The molecular weight excluding hydrogens is 372 g/mol. The molecule has 7 nitrogen and oxygen atoms in total. The quantitative estimate of drug-likeness (QED) is 0.792. The summed E-state index contributed by atoms with van der Waals surface area (Å²) in [5.74, 6) is -0.0779. The Labute approximate surface area is 158 Å². The van der Waals surface area contributed by atoms with Crippen LogP contribution in [0.3, 0.4) is 0 Å². The van der Waals surface area contributed by atoms with Gasteiger partial charge in [0.1, 0.15) is 4.83 Å². The van der Waals surface area contributed by atoms with Crippen LogP contribution in [0.1, 0.15) is 34.0 Å². The van der Waals surface area contributed by atoms with Crippen LogP contribution in [-0.4, -0.2) is 74.1 Å². The summed E-state index contributed by atoms with van der Waals surface area (Å²) in [6.45, 7) is 0.892. The second-order valence-corrected chi connectivity index (χ2v) is 10.0. The molecule has 1 unspecified atom stereocenters. The van der Waals surface area contributed by atoms with Gasteiger partial charge in [-0.25, -0.2) is 4.98 Å². The molecule has 1 aliphatic rings. The van der Waals surface area contributed by atoms with Crippen LogP contribution in [0.4, 0.5) is 0 Å². The molecule has 0 radical (unpaired) electrons. The van der Waals surface area contributed by atoms with E-state index in [1.807, 2.05) is 12.1 Å². The van der Waals surface area contributed by atoms with Gasteiger partial charge >= 0.3 is 0 Å². The first-order valence-corrected chi connectivity index (χ1v) is 10.7. The molecule has 1 amide bonds. The maximum atomic E-state index is 12.7. The summed E-state index contributed by atoms with van der Waals surface area (Å²) in [4.78, 5) is 20.2. The van der Waals surface area contributed by atoms with Crippen molar-refractivity contribution in [2.45, 2.75) is 18.8 Å². The summed E-state index contributed by atoms with van der Waals surface area (Å²) in [5, 5.41) is 0.955. The number of aromatic nitrogens is 1. The third-order valence-electron chi connectivity index (χ3n) is 4.69. The van der Waals surface area contributed by atoms with Gasteiger partial charge in [-0.05, 0) is 24.5 Å². The summed E-state index contributed by atoms with van der Waals surface area (Å²) in [6.07, 6.45) is 3.34. The highest BCUT2D eigenvalue weighted by Crippen LogP contribution is 2.40. The van der Waals surface area contributed by atoms with Crippen molar-refractivity contribution in [1.29, 1.82) is 0 Å². The molecule has 0 saturated carbocycles. The SMILES string of the molecule is CN(C)C(=O)c1sc2ncccc2c1C1CCCN(S(=O)(=O)N(C)C)C1. The van der Waals surface area contributed by atoms with Gasteiger partial charge in [0.25, 0.3) is 16.1 Å². The molecule has 2 aromatic heterocycles. The van der Waals surface area contributed by atoms with Gasteiger partial charge in [0.2, 0.25) is 0 Å². The minimum absolute atomic E-state index is 0.0182. The van der Waals surface area contributed by atoms with Crippen molar-refractivity contribution in [2.24, 2.45) is 0 Å². The minimum atomic E-state index is -3.47. The summed E-state index contributed by atoms with van der Waals surface area (Å²) in [7, 11) is 3.08. The number of amides is 1. The maximum Gasteiger partial charge on any atom is 0.281 e. The van der Waals surface area contributed by atoms with Gasteiger partial charge in [0.15, 0.2) is 0 Å². The molecule has 1 saturated heterocycles. The molecule has 0 aromatic carbocycles. The Morgan fingerprint density at radius 3 is 2.69 bits per heavy atom. The number of hydrogen-bond acceptors (Lipinski definition) is 5. The fourth-order valence-electron chi connectivity index (χ4n) is 3.34. The highest BCUT2D eigenvalue weighted by atomic mass is 32.2. The van der Waals surface area contributed by atoms with Crippen molar-refractivity contribution < 1.29 is 13.2 Å². The number of carbonyl (C=O) groups is 1. The number of carbonyl (C=O) groups excluding carboxylic acids is 1. The van der Waals surface area contributed by atoms with E-state index in [9.17, 15) is 13.2 Å². The summed E-state index contributed by atoms with van der Waals surface area (Å²) in [5.41, 5.74) is 0.940. The summed E-state index contributed by atoms with van der Waals surface area (Å²) < 4.78 is 27.9. The van der Waals surface area contributed by atoms with E-state index in [-0.39, 0.29) is 11.8 Å². The van der Waals surface area contributed by atoms with Crippen molar-refractivity contribution >= 4 is 37.7 Å². The molecule has 1 fully saturated rings. The predicted octanol–water partition coefficient (Wildman–Crippen LogP) is 1.98. The molecule has 0 spiro atoms. The van der Waals surface area contributed by atoms with Gasteiger partial charge in [0, 0.05) is 58.8 Å². The molecule has 1 aliphatic heterocycles. The number of hydrogen-bond donors (Lipinski definition) is 0. The number of pyridine rings is 1. The number of thiophene rings is 1. The topological polar surface area (TPSA) is 73.8 Å². The van der Waals surface area contributed by atoms with Gasteiger partial charge in [-0.3, -0.25) is 4.79 Å². The molecule has 0 N–H and O–H groups in total. The van der Waals surface area contributed by atoms with Gasteiger partial charge in [-0.2, -0.15) is 17.0 Å². The first-order chi connectivity index (χ1) is 12.2. The van der Waals surface area contributed by atoms with Crippen molar-refractivity contribution in [3.8, 4) is 0 Å². The Morgan fingerprint density at radius 2 is 2.04 bits per heavy atom. The van der Waals surface area contributed by atoms with Crippen LogP contribution in [-0.2, 0) is 10.2 Å². The van der Waals surface area contributed by atoms with E-state index >= 15 is 0 Å². The zero-order valence-corrected chi connectivity index (χ0v) is 17.1. The first kappa shape index (κ1) is 19.2. The van der Waals surface area contributed by atoms with Gasteiger partial charge in [-0.1, -0.05) is 6.07 Å². The highest BCUT2D eigenvalue weighted by Gasteiger charge is 2.34. The molecule has 9 heteroatoms. The molecule has 142 valence electrons. The highest BCUT2D eigenvalue weighted by molar-refractivity contribution is 7.86. The van der Waals surface area contributed by atoms with Crippen LogP contribution in [0, 0.1) is 0 Å². The van der Waals surface area contributed by atoms with E-state index < -0.39 is 10.2 Å². The van der Waals surface area contributed by atoms with Crippen molar-refractivity contribution in [1.82, 2.24) is 18.5 Å². The fourth-order valence-corrected chi connectivity index (χ4v) is 5.78. The van der Waals surface area contributed by atoms with Crippen LogP contribution >= 0.6 is 11.3 Å². The molecule has 26 heavy (non-hydrogen) atoms. The maximum absolute atomic E-state index is 12.7. The first-order valence-electron chi connectivity index (χ1n) is 8.50. The monoisotopic (exact) mass is 396 g/mol. The fraction of sp³-hybridized carbons (Fsp3) is 0.529. The third kappa shape index (κ3) is 3.36. The molecule has 0 bridgehead atoms. The smallest absolute Gasteiger partial charge is 0.281 e. The number of fused-ring (bicyclic) bond motifs is 1. The molecule has 3 heterocycles. The van der Waals surface area contributed by atoms with E-state index in [1.165, 1.54) is 19.9 Å². The number of rotatable bonds is 4.